The summed E-state index contributed by atoms with van der Waals surface area (Å²) < 4.78 is 5.52. The highest BCUT2D eigenvalue weighted by Crippen LogP contribution is 2.24. The van der Waals surface area contributed by atoms with Gasteiger partial charge in [0.25, 0.3) is 0 Å². The molecule has 0 saturated heterocycles. The Balaban J connectivity index is 2.44. The molecule has 0 unspecified atom stereocenters. The van der Waals surface area contributed by atoms with Crippen LogP contribution in [0.1, 0.15) is 26.3 Å². The third-order valence-electron chi connectivity index (χ3n) is 2.81. The average molecular weight is 335 g/mol. The molecular formula is C15H11BrO4. The molecular weight excluding hydrogens is 324 g/mol. The smallest absolute Gasteiger partial charge is 0.336 e. The summed E-state index contributed by atoms with van der Waals surface area (Å²) in [4.78, 5) is 23.3. The summed E-state index contributed by atoms with van der Waals surface area (Å²) in [5.41, 5.74) is 0.943. The van der Waals surface area contributed by atoms with E-state index in [9.17, 15) is 9.59 Å². The first kappa shape index (κ1) is 14.3. The first-order valence-corrected chi connectivity index (χ1v) is 6.54. The number of benzene rings is 2. The lowest BCUT2D eigenvalue weighted by atomic mass is 10.0. The van der Waals surface area contributed by atoms with Crippen molar-refractivity contribution in [1.29, 1.82) is 0 Å². The SMILES string of the molecule is COc1ccccc1C(=O)c1ccc(C(=O)O)c(Br)c1. The minimum atomic E-state index is -1.05. The fraction of sp³-hybridized carbons (Fsp3) is 0.0667. The van der Waals surface area contributed by atoms with Crippen molar-refractivity contribution in [1.82, 2.24) is 0 Å². The molecule has 0 aliphatic rings. The van der Waals surface area contributed by atoms with E-state index in [1.807, 2.05) is 0 Å². The Bertz CT molecular complexity index is 679. The minimum absolute atomic E-state index is 0.113. The van der Waals surface area contributed by atoms with E-state index in [1.165, 1.54) is 25.3 Å². The largest absolute Gasteiger partial charge is 0.496 e. The maximum Gasteiger partial charge on any atom is 0.336 e. The van der Waals surface area contributed by atoms with Crippen LogP contribution in [0.4, 0.5) is 0 Å². The van der Waals surface area contributed by atoms with Crippen LogP contribution in [-0.4, -0.2) is 24.0 Å². The molecule has 1 N–H and O–H groups in total. The summed E-state index contributed by atoms with van der Waals surface area (Å²) in [6.07, 6.45) is 0. The maximum absolute atomic E-state index is 12.4. The van der Waals surface area contributed by atoms with Crippen molar-refractivity contribution in [3.63, 3.8) is 0 Å². The Kier molecular flexibility index (Phi) is 4.20. The fourth-order valence-corrected chi connectivity index (χ4v) is 2.37. The number of rotatable bonds is 4. The molecule has 2 aromatic carbocycles. The van der Waals surface area contributed by atoms with E-state index in [0.29, 0.717) is 21.3 Å². The van der Waals surface area contributed by atoms with Gasteiger partial charge in [0, 0.05) is 10.0 Å². The molecule has 0 radical (unpaired) electrons. The van der Waals surface area contributed by atoms with Crippen LogP contribution in [0, 0.1) is 0 Å². The molecule has 0 heterocycles. The Morgan fingerprint density at radius 3 is 2.40 bits per heavy atom. The summed E-state index contributed by atoms with van der Waals surface area (Å²) in [5.74, 6) is -0.788. The number of carbonyl (C=O) groups excluding carboxylic acids is 1. The van der Waals surface area contributed by atoms with Crippen molar-refractivity contribution >= 4 is 27.7 Å². The molecule has 4 nitrogen and oxygen atoms in total. The highest BCUT2D eigenvalue weighted by atomic mass is 79.9. The van der Waals surface area contributed by atoms with Gasteiger partial charge in [-0.15, -0.1) is 0 Å². The molecule has 0 bridgehead atoms. The second-order valence-corrected chi connectivity index (χ2v) is 4.88. The van der Waals surface area contributed by atoms with Crippen molar-refractivity contribution < 1.29 is 19.4 Å². The van der Waals surface area contributed by atoms with E-state index in [4.69, 9.17) is 9.84 Å². The van der Waals surface area contributed by atoms with Gasteiger partial charge in [-0.1, -0.05) is 18.2 Å². The first-order chi connectivity index (χ1) is 9.54. The summed E-state index contributed by atoms with van der Waals surface area (Å²) in [5, 5.41) is 8.96. The number of halogens is 1. The van der Waals surface area contributed by atoms with Crippen LogP contribution in [0.2, 0.25) is 0 Å². The van der Waals surface area contributed by atoms with Crippen molar-refractivity contribution in [2.45, 2.75) is 0 Å². The zero-order valence-corrected chi connectivity index (χ0v) is 12.2. The fourth-order valence-electron chi connectivity index (χ4n) is 1.82. The number of hydrogen-bond acceptors (Lipinski definition) is 3. The molecule has 0 fully saturated rings. The zero-order valence-electron chi connectivity index (χ0n) is 10.6. The molecule has 0 saturated carbocycles. The van der Waals surface area contributed by atoms with Gasteiger partial charge in [0.15, 0.2) is 5.78 Å². The summed E-state index contributed by atoms with van der Waals surface area (Å²) in [6.45, 7) is 0. The van der Waals surface area contributed by atoms with E-state index in [1.54, 1.807) is 24.3 Å². The second kappa shape index (κ2) is 5.88. The monoisotopic (exact) mass is 334 g/mol. The van der Waals surface area contributed by atoms with E-state index in [2.05, 4.69) is 15.9 Å². The van der Waals surface area contributed by atoms with E-state index < -0.39 is 5.97 Å². The van der Waals surface area contributed by atoms with Crippen molar-refractivity contribution in [3.8, 4) is 5.75 Å². The Morgan fingerprint density at radius 1 is 1.10 bits per heavy atom. The highest BCUT2D eigenvalue weighted by molar-refractivity contribution is 9.10. The number of para-hydroxylation sites is 1. The predicted octanol–water partition coefficient (Wildman–Crippen LogP) is 3.39. The molecule has 0 amide bonds. The molecule has 20 heavy (non-hydrogen) atoms. The average Bonchev–Trinajstić information content (AvgIpc) is 2.45. The predicted molar refractivity (Wildman–Crippen MR) is 77.5 cm³/mol. The molecule has 0 atom stereocenters. The number of carboxylic acid groups (broad SMARTS) is 1. The second-order valence-electron chi connectivity index (χ2n) is 4.03. The highest BCUT2D eigenvalue weighted by Gasteiger charge is 2.16. The molecule has 5 heteroatoms. The van der Waals surface area contributed by atoms with Crippen LogP contribution in [0.15, 0.2) is 46.9 Å². The van der Waals surface area contributed by atoms with Crippen molar-refractivity contribution in [3.05, 3.63) is 63.6 Å². The summed E-state index contributed by atoms with van der Waals surface area (Å²) in [6, 6.07) is 11.3. The molecule has 0 spiro atoms. The van der Waals surface area contributed by atoms with Crippen molar-refractivity contribution in [2.75, 3.05) is 7.11 Å². The minimum Gasteiger partial charge on any atom is -0.496 e. The Morgan fingerprint density at radius 2 is 1.80 bits per heavy atom. The first-order valence-electron chi connectivity index (χ1n) is 5.75. The van der Waals surface area contributed by atoms with Gasteiger partial charge in [-0.3, -0.25) is 4.79 Å². The van der Waals surface area contributed by atoms with Gasteiger partial charge in [0.1, 0.15) is 5.75 Å². The van der Waals surface area contributed by atoms with Gasteiger partial charge in [0.05, 0.1) is 18.2 Å². The van der Waals surface area contributed by atoms with Crippen LogP contribution in [0.3, 0.4) is 0 Å². The molecule has 2 aromatic rings. The van der Waals surface area contributed by atoms with E-state index in [0.717, 1.165) is 0 Å². The third kappa shape index (κ3) is 2.72. The number of hydrogen-bond donors (Lipinski definition) is 1. The van der Waals surface area contributed by atoms with Gasteiger partial charge in [-0.25, -0.2) is 4.79 Å². The van der Waals surface area contributed by atoms with E-state index >= 15 is 0 Å². The quantitative estimate of drug-likeness (QED) is 0.870. The van der Waals surface area contributed by atoms with Crippen LogP contribution < -0.4 is 4.74 Å². The zero-order chi connectivity index (χ0) is 14.7. The standard InChI is InChI=1S/C15H11BrO4/c1-20-13-5-3-2-4-11(13)14(17)9-6-7-10(15(18)19)12(16)8-9/h2-8H,1H3,(H,18,19). The normalized spacial score (nSPS) is 10.1. The van der Waals surface area contributed by atoms with Gasteiger partial charge in [-0.05, 0) is 40.2 Å². The Labute approximate surface area is 124 Å². The van der Waals surface area contributed by atoms with Crippen LogP contribution in [0.25, 0.3) is 0 Å². The lowest BCUT2D eigenvalue weighted by Gasteiger charge is -2.08. The molecule has 2 rings (SSSR count). The van der Waals surface area contributed by atoms with Crippen LogP contribution in [0.5, 0.6) is 5.75 Å². The molecule has 0 aliphatic carbocycles. The van der Waals surface area contributed by atoms with Crippen LogP contribution >= 0.6 is 15.9 Å². The van der Waals surface area contributed by atoms with Crippen molar-refractivity contribution in [2.24, 2.45) is 0 Å². The number of ether oxygens (including phenoxy) is 1. The Hall–Kier alpha value is -2.14. The number of methoxy groups -OCH3 is 1. The third-order valence-corrected chi connectivity index (χ3v) is 3.47. The maximum atomic E-state index is 12.4. The number of carbonyl (C=O) groups is 2. The number of aromatic carboxylic acids is 1. The summed E-state index contributed by atoms with van der Waals surface area (Å²) in [7, 11) is 1.50. The lowest BCUT2D eigenvalue weighted by Crippen LogP contribution is -2.05. The van der Waals surface area contributed by atoms with Gasteiger partial charge < -0.3 is 9.84 Å². The summed E-state index contributed by atoms with van der Waals surface area (Å²) >= 11 is 3.16. The van der Waals surface area contributed by atoms with E-state index in [-0.39, 0.29) is 11.3 Å². The number of carboxylic acids is 1. The van der Waals surface area contributed by atoms with Gasteiger partial charge in [0.2, 0.25) is 0 Å². The van der Waals surface area contributed by atoms with Gasteiger partial charge >= 0.3 is 5.97 Å². The lowest BCUT2D eigenvalue weighted by molar-refractivity contribution is 0.0695. The molecule has 0 aromatic heterocycles. The van der Waals surface area contributed by atoms with Gasteiger partial charge in [-0.2, -0.15) is 0 Å². The topological polar surface area (TPSA) is 63.6 Å². The molecule has 102 valence electrons. The molecule has 0 aliphatic heterocycles. The van der Waals surface area contributed by atoms with Crippen LogP contribution in [-0.2, 0) is 0 Å². The number of ketones is 1.